The molecule has 0 saturated carbocycles. The van der Waals surface area contributed by atoms with Crippen LogP contribution in [0.3, 0.4) is 0 Å². The Bertz CT molecular complexity index is 1170. The zero-order valence-electron chi connectivity index (χ0n) is 17.7. The van der Waals surface area contributed by atoms with Gasteiger partial charge in [-0.25, -0.2) is 0 Å². The first kappa shape index (κ1) is 21.8. The van der Waals surface area contributed by atoms with Gasteiger partial charge in [0.25, 0.3) is 0 Å². The molecule has 0 fully saturated rings. The van der Waals surface area contributed by atoms with E-state index in [1.807, 2.05) is 13.8 Å². The van der Waals surface area contributed by atoms with E-state index in [0.717, 1.165) is 12.1 Å². The Morgan fingerprint density at radius 1 is 1.03 bits per heavy atom. The highest BCUT2D eigenvalue weighted by Crippen LogP contribution is 2.48. The maximum Gasteiger partial charge on any atom is 0.416 e. The van der Waals surface area contributed by atoms with Crippen LogP contribution in [0.1, 0.15) is 55.7 Å². The van der Waals surface area contributed by atoms with Crippen molar-refractivity contribution in [2.24, 2.45) is 5.41 Å². The molecule has 1 amide bonds. The van der Waals surface area contributed by atoms with Crippen LogP contribution in [0.5, 0.6) is 0 Å². The number of Topliss-reactive ketones (excluding diaryl/α,β-unsaturated/α-hetero) is 1. The highest BCUT2D eigenvalue weighted by Gasteiger charge is 2.45. The molecule has 1 aliphatic heterocycles. The van der Waals surface area contributed by atoms with E-state index in [9.17, 15) is 28.0 Å². The van der Waals surface area contributed by atoms with E-state index in [4.69, 9.17) is 0 Å². The van der Waals surface area contributed by atoms with E-state index in [2.05, 4.69) is 6.07 Å². The van der Waals surface area contributed by atoms with Gasteiger partial charge in [-0.1, -0.05) is 38.1 Å². The molecule has 1 aliphatic carbocycles. The number of amides is 1. The number of allylic oxidation sites excluding steroid dienone is 2. The molecule has 0 saturated heterocycles. The number of hydrogen-bond acceptors (Lipinski definition) is 3. The maximum absolute atomic E-state index is 13.3. The zero-order valence-corrected chi connectivity index (χ0v) is 17.7. The van der Waals surface area contributed by atoms with Gasteiger partial charge in [0.15, 0.2) is 5.78 Å². The third-order valence-electron chi connectivity index (χ3n) is 6.05. The Hall–Kier alpha value is -3.40. The Morgan fingerprint density at radius 2 is 1.69 bits per heavy atom. The summed E-state index contributed by atoms with van der Waals surface area (Å²) in [6.07, 6.45) is -3.80. The Labute approximate surface area is 184 Å². The predicted octanol–water partition coefficient (Wildman–Crippen LogP) is 5.74. The molecular weight excluding hydrogens is 417 g/mol. The average molecular weight is 438 g/mol. The van der Waals surface area contributed by atoms with Crippen molar-refractivity contribution in [3.63, 3.8) is 0 Å². The SMILES string of the molecule is CC1(C)CC(=O)C2=C(C1)N(c1ccccc1C#N)C(=O)CC2c1ccc(C(F)(F)F)cc1. The van der Waals surface area contributed by atoms with Crippen LogP contribution in [0, 0.1) is 16.7 Å². The fourth-order valence-electron chi connectivity index (χ4n) is 4.65. The summed E-state index contributed by atoms with van der Waals surface area (Å²) < 4.78 is 39.0. The Balaban J connectivity index is 1.88. The van der Waals surface area contributed by atoms with Gasteiger partial charge in [-0.3, -0.25) is 14.5 Å². The van der Waals surface area contributed by atoms with E-state index in [-0.39, 0.29) is 24.5 Å². The van der Waals surface area contributed by atoms with Crippen LogP contribution in [0.2, 0.25) is 0 Å². The number of anilines is 1. The lowest BCUT2D eigenvalue weighted by molar-refractivity contribution is -0.137. The number of nitriles is 1. The van der Waals surface area contributed by atoms with Crippen LogP contribution >= 0.6 is 0 Å². The van der Waals surface area contributed by atoms with Crippen molar-refractivity contribution >= 4 is 17.4 Å². The van der Waals surface area contributed by atoms with Crippen molar-refractivity contribution in [3.05, 3.63) is 76.5 Å². The van der Waals surface area contributed by atoms with Crippen LogP contribution in [-0.4, -0.2) is 11.7 Å². The number of alkyl halides is 3. The minimum Gasteiger partial charge on any atom is -0.294 e. The first-order valence-corrected chi connectivity index (χ1v) is 10.3. The fraction of sp³-hybridized carbons (Fsp3) is 0.320. The van der Waals surface area contributed by atoms with Crippen molar-refractivity contribution in [1.29, 1.82) is 5.26 Å². The van der Waals surface area contributed by atoms with Crippen LogP contribution < -0.4 is 4.90 Å². The first-order chi connectivity index (χ1) is 15.0. The third-order valence-corrected chi connectivity index (χ3v) is 6.05. The normalized spacial score (nSPS) is 20.8. The molecule has 0 N–H and O–H groups in total. The molecule has 32 heavy (non-hydrogen) atoms. The van der Waals surface area contributed by atoms with Gasteiger partial charge in [0.05, 0.1) is 16.8 Å². The van der Waals surface area contributed by atoms with Crippen LogP contribution in [0.25, 0.3) is 0 Å². The van der Waals surface area contributed by atoms with E-state index in [0.29, 0.717) is 34.5 Å². The predicted molar refractivity (Wildman–Crippen MR) is 112 cm³/mol. The molecule has 0 bridgehead atoms. The van der Waals surface area contributed by atoms with E-state index in [1.54, 1.807) is 24.3 Å². The third kappa shape index (κ3) is 3.81. The second-order valence-electron chi connectivity index (χ2n) is 9.04. The molecule has 0 spiro atoms. The fourth-order valence-corrected chi connectivity index (χ4v) is 4.65. The first-order valence-electron chi connectivity index (χ1n) is 10.3. The van der Waals surface area contributed by atoms with Gasteiger partial charge in [0.2, 0.25) is 5.91 Å². The maximum atomic E-state index is 13.3. The van der Waals surface area contributed by atoms with Crippen molar-refractivity contribution in [2.45, 2.75) is 45.2 Å². The van der Waals surface area contributed by atoms with E-state index >= 15 is 0 Å². The summed E-state index contributed by atoms with van der Waals surface area (Å²) in [5.74, 6) is -1.02. The monoisotopic (exact) mass is 438 g/mol. The molecule has 2 aromatic rings. The lowest BCUT2D eigenvalue weighted by atomic mass is 9.69. The molecule has 1 atom stereocenters. The lowest BCUT2D eigenvalue weighted by Crippen LogP contribution is -2.44. The van der Waals surface area contributed by atoms with Crippen LogP contribution in [0.15, 0.2) is 59.8 Å². The molecule has 7 heteroatoms. The van der Waals surface area contributed by atoms with Gasteiger partial charge in [-0.05, 0) is 41.7 Å². The van der Waals surface area contributed by atoms with Gasteiger partial charge in [0, 0.05) is 30.0 Å². The van der Waals surface area contributed by atoms with Crippen molar-refractivity contribution in [3.8, 4) is 6.07 Å². The van der Waals surface area contributed by atoms with Crippen LogP contribution in [-0.2, 0) is 15.8 Å². The summed E-state index contributed by atoms with van der Waals surface area (Å²) in [5.41, 5.74) is 1.06. The number of carbonyl (C=O) groups is 2. The number of carbonyl (C=O) groups excluding carboxylic acids is 2. The number of para-hydroxylation sites is 1. The smallest absolute Gasteiger partial charge is 0.294 e. The molecule has 4 nitrogen and oxygen atoms in total. The minimum absolute atomic E-state index is 0.0594. The van der Waals surface area contributed by atoms with Gasteiger partial charge in [0.1, 0.15) is 6.07 Å². The van der Waals surface area contributed by atoms with Crippen molar-refractivity contribution in [2.75, 3.05) is 4.90 Å². The molecule has 0 radical (unpaired) electrons. The molecular formula is C25H21F3N2O2. The van der Waals surface area contributed by atoms with Crippen LogP contribution in [0.4, 0.5) is 18.9 Å². The van der Waals surface area contributed by atoms with E-state index in [1.165, 1.54) is 17.0 Å². The number of benzene rings is 2. The summed E-state index contributed by atoms with van der Waals surface area (Å²) in [6.45, 7) is 3.88. The number of hydrogen-bond donors (Lipinski definition) is 0. The number of halogens is 3. The second kappa shape index (κ2) is 7.63. The topological polar surface area (TPSA) is 61.2 Å². The number of ketones is 1. The largest absolute Gasteiger partial charge is 0.416 e. The Morgan fingerprint density at radius 3 is 2.31 bits per heavy atom. The number of nitrogens with zero attached hydrogens (tertiary/aromatic N) is 2. The van der Waals surface area contributed by atoms with Gasteiger partial charge < -0.3 is 0 Å². The van der Waals surface area contributed by atoms with Gasteiger partial charge >= 0.3 is 6.18 Å². The van der Waals surface area contributed by atoms with E-state index < -0.39 is 23.1 Å². The highest BCUT2D eigenvalue weighted by molar-refractivity contribution is 6.08. The standard InChI is InChI=1S/C25H21F3N2O2/c1-24(2)12-20-23(21(31)13-24)18(15-7-9-17(10-8-15)25(26,27)28)11-22(32)30(20)19-6-4-3-5-16(19)14-29/h3-10,18H,11-13H2,1-2H3. The van der Waals surface area contributed by atoms with Gasteiger partial charge in [-0.15, -0.1) is 0 Å². The highest BCUT2D eigenvalue weighted by atomic mass is 19.4. The van der Waals surface area contributed by atoms with Gasteiger partial charge in [-0.2, -0.15) is 18.4 Å². The summed E-state index contributed by atoms with van der Waals surface area (Å²) in [4.78, 5) is 28.1. The summed E-state index contributed by atoms with van der Waals surface area (Å²) in [7, 11) is 0. The van der Waals surface area contributed by atoms with Crippen molar-refractivity contribution in [1.82, 2.24) is 0 Å². The summed E-state index contributed by atoms with van der Waals surface area (Å²) in [6, 6.07) is 13.5. The lowest BCUT2D eigenvalue weighted by Gasteiger charge is -2.43. The average Bonchev–Trinajstić information content (AvgIpc) is 2.71. The second-order valence-corrected chi connectivity index (χ2v) is 9.04. The minimum atomic E-state index is -4.46. The summed E-state index contributed by atoms with van der Waals surface area (Å²) >= 11 is 0. The molecule has 164 valence electrons. The number of rotatable bonds is 2. The quantitative estimate of drug-likeness (QED) is 0.601. The summed E-state index contributed by atoms with van der Waals surface area (Å²) in [5, 5.41) is 9.54. The molecule has 0 aromatic heterocycles. The Kier molecular flexibility index (Phi) is 5.20. The molecule has 2 aromatic carbocycles. The molecule has 1 unspecified atom stereocenters. The zero-order chi connectivity index (χ0) is 23.3. The molecule has 4 rings (SSSR count). The molecule has 2 aliphatic rings. The molecule has 1 heterocycles. The van der Waals surface area contributed by atoms with Crippen molar-refractivity contribution < 1.29 is 22.8 Å².